The van der Waals surface area contributed by atoms with Gasteiger partial charge >= 0.3 is 5.97 Å². The molecule has 4 fully saturated rings. The van der Waals surface area contributed by atoms with E-state index in [0.717, 1.165) is 13.8 Å². The predicted molar refractivity (Wildman–Crippen MR) is 173 cm³/mol. The van der Waals surface area contributed by atoms with Gasteiger partial charge in [0.1, 0.15) is 79.3 Å². The van der Waals surface area contributed by atoms with Crippen molar-refractivity contribution >= 4 is 17.8 Å². The first kappa shape index (κ1) is 46.3. The van der Waals surface area contributed by atoms with Crippen LogP contribution in [0.15, 0.2) is 0 Å². The van der Waals surface area contributed by atoms with Gasteiger partial charge in [0, 0.05) is 26.7 Å². The number of ether oxygens (including phenoxy) is 7. The maximum atomic E-state index is 12.9. The Kier molecular flexibility index (Phi) is 16.2. The Morgan fingerprint density at radius 1 is 0.732 bits per heavy atom. The first-order valence-electron chi connectivity index (χ1n) is 17.6. The highest BCUT2D eigenvalue weighted by molar-refractivity contribution is 5.76. The molecule has 4 heterocycles. The second kappa shape index (κ2) is 19.6. The van der Waals surface area contributed by atoms with Crippen LogP contribution in [0.5, 0.6) is 0 Å². The molecule has 0 aromatic heterocycles. The van der Waals surface area contributed by atoms with Crippen LogP contribution in [0.2, 0.25) is 0 Å². The molecular weight excluding hydrogens is 768 g/mol. The van der Waals surface area contributed by atoms with Crippen molar-refractivity contribution in [3.05, 3.63) is 0 Å². The SMILES string of the molecule is CC(=O)N[C@@H]1[C@@H](O[C@H]2C[C@H](O)[C@H](O)[C@H](CO)O2)[C@H](O[C@@H]2O[C@H](CO)[C@H](O)[C@H](O[C@]3(C(=O)O)C[C@H](O)[C@@H](NC(C)=O)[C@H]([C@H](O)[C@H](O)CO)O3)[C@H]2O)[C@@H](CO)O[C@H]1O. The predicted octanol–water partition coefficient (Wildman–Crippen LogP) is -9.23. The smallest absolute Gasteiger partial charge is 0.364 e. The van der Waals surface area contributed by atoms with Gasteiger partial charge in [-0.1, -0.05) is 0 Å². The van der Waals surface area contributed by atoms with E-state index in [9.17, 15) is 80.8 Å². The topological polar surface area (TPSA) is 403 Å². The van der Waals surface area contributed by atoms with Crippen LogP contribution in [0.1, 0.15) is 26.7 Å². The van der Waals surface area contributed by atoms with Crippen LogP contribution < -0.4 is 10.6 Å². The Balaban J connectivity index is 1.69. The Bertz CT molecular complexity index is 1320. The molecule has 0 unspecified atom stereocenters. The van der Waals surface area contributed by atoms with Gasteiger partial charge in [0.05, 0.1) is 44.7 Å². The van der Waals surface area contributed by atoms with Crippen LogP contribution in [0.4, 0.5) is 0 Å². The summed E-state index contributed by atoms with van der Waals surface area (Å²) in [5, 5.41) is 141. The number of carboxylic acids is 1. The lowest BCUT2D eigenvalue weighted by atomic mass is 9.88. The molecule has 0 aliphatic carbocycles. The molecule has 20 atom stereocenters. The highest BCUT2D eigenvalue weighted by Gasteiger charge is 2.60. The van der Waals surface area contributed by atoms with Gasteiger partial charge < -0.3 is 110 Å². The zero-order valence-corrected chi connectivity index (χ0v) is 30.1. The molecule has 25 nitrogen and oxygen atoms in total. The molecular formula is C31H52N2O23. The largest absolute Gasteiger partial charge is 0.477 e. The number of nitrogens with one attached hydrogen (secondary N) is 2. The third-order valence-electron chi connectivity index (χ3n) is 9.87. The summed E-state index contributed by atoms with van der Waals surface area (Å²) in [6, 6.07) is -3.16. The fraction of sp³-hybridized carbons (Fsp3) is 0.903. The van der Waals surface area contributed by atoms with E-state index in [1.165, 1.54) is 0 Å². The van der Waals surface area contributed by atoms with Crippen LogP contribution in [-0.4, -0.2) is 233 Å². The van der Waals surface area contributed by atoms with Crippen molar-refractivity contribution < 1.29 is 114 Å². The number of amides is 2. The summed E-state index contributed by atoms with van der Waals surface area (Å²) in [6.45, 7) is -1.75. The number of carbonyl (C=O) groups is 3. The summed E-state index contributed by atoms with van der Waals surface area (Å²) in [6.07, 6.45) is -32.8. The molecule has 2 amide bonds. The van der Waals surface area contributed by atoms with Crippen LogP contribution in [0.3, 0.4) is 0 Å². The van der Waals surface area contributed by atoms with Crippen molar-refractivity contribution in [1.29, 1.82) is 0 Å². The van der Waals surface area contributed by atoms with E-state index >= 15 is 0 Å². The summed E-state index contributed by atoms with van der Waals surface area (Å²) in [7, 11) is 0. The third kappa shape index (κ3) is 10.1. The Hall–Kier alpha value is -2.35. The van der Waals surface area contributed by atoms with Gasteiger partial charge in [0.25, 0.3) is 5.79 Å². The number of carboxylic acid groups (broad SMARTS) is 1. The minimum Gasteiger partial charge on any atom is -0.477 e. The fourth-order valence-electron chi connectivity index (χ4n) is 7.04. The van der Waals surface area contributed by atoms with Crippen molar-refractivity contribution in [3.8, 4) is 0 Å². The zero-order chi connectivity index (χ0) is 41.8. The van der Waals surface area contributed by atoms with Gasteiger partial charge in [0.15, 0.2) is 18.9 Å². The molecule has 56 heavy (non-hydrogen) atoms. The summed E-state index contributed by atoms with van der Waals surface area (Å²) in [5.74, 6) is -6.64. The second-order valence-corrected chi connectivity index (χ2v) is 13.9. The summed E-state index contributed by atoms with van der Waals surface area (Å²) in [4.78, 5) is 37.0. The third-order valence-corrected chi connectivity index (χ3v) is 9.87. The average Bonchev–Trinajstić information content (AvgIpc) is 3.14. The van der Waals surface area contributed by atoms with Gasteiger partial charge in [-0.05, 0) is 0 Å². The lowest BCUT2D eigenvalue weighted by Gasteiger charge is -2.51. The molecule has 0 aromatic rings. The normalized spacial score (nSPS) is 44.4. The minimum atomic E-state index is -3.11. The molecule has 0 bridgehead atoms. The average molecular weight is 821 g/mol. The number of aliphatic carboxylic acids is 1. The lowest BCUT2D eigenvalue weighted by molar-refractivity contribution is -0.387. The molecule has 25 heteroatoms. The quantitative estimate of drug-likeness (QED) is 0.0729. The molecule has 0 saturated carbocycles. The molecule has 15 N–H and O–H groups in total. The van der Waals surface area contributed by atoms with Gasteiger partial charge in [-0.15, -0.1) is 0 Å². The molecule has 0 radical (unpaired) electrons. The molecule has 4 aliphatic rings. The van der Waals surface area contributed by atoms with E-state index in [1.54, 1.807) is 0 Å². The van der Waals surface area contributed by atoms with Crippen LogP contribution in [0, 0.1) is 0 Å². The van der Waals surface area contributed by atoms with E-state index in [0.29, 0.717) is 0 Å². The van der Waals surface area contributed by atoms with Crippen molar-refractivity contribution in [1.82, 2.24) is 10.6 Å². The maximum absolute atomic E-state index is 12.9. The standard InChI is InChI=1S/C31H52N2O23/c1-9(38)32-18-12(41)4-31(30(48)49,55-25(18)21(44)13(42)5-34)56-27-22(45)15(7-36)52-29(23(27)46)54-24-16(8-37)51-28(47)19(33-10(2)39)26(24)53-17-3-11(40)20(43)14(6-35)50-17/h11-29,34-37,40-47H,3-8H2,1-2H3,(H,32,38)(H,33,39)(H,48,49)/t11-,12-,13+,14-,15+,16+,17-,18+,19+,20-,21+,22-,23+,24+,25+,26+,27-,28+,29-,31-/m0/s1. The Morgan fingerprint density at radius 2 is 1.32 bits per heavy atom. The second-order valence-electron chi connectivity index (χ2n) is 13.9. The van der Waals surface area contributed by atoms with E-state index in [2.05, 4.69) is 10.6 Å². The fourth-order valence-corrected chi connectivity index (χ4v) is 7.04. The highest BCUT2D eigenvalue weighted by Crippen LogP contribution is 2.39. The maximum Gasteiger partial charge on any atom is 0.364 e. The summed E-state index contributed by atoms with van der Waals surface area (Å²) >= 11 is 0. The highest BCUT2D eigenvalue weighted by atomic mass is 16.8. The number of carbonyl (C=O) groups excluding carboxylic acids is 2. The number of hydrogen-bond acceptors (Lipinski definition) is 22. The van der Waals surface area contributed by atoms with Gasteiger partial charge in [-0.2, -0.15) is 0 Å². The number of aliphatic hydroxyl groups excluding tert-OH is 12. The molecule has 0 aromatic carbocycles. The van der Waals surface area contributed by atoms with Crippen LogP contribution >= 0.6 is 0 Å². The zero-order valence-electron chi connectivity index (χ0n) is 30.1. The van der Waals surface area contributed by atoms with Crippen molar-refractivity contribution in [3.63, 3.8) is 0 Å². The first-order chi connectivity index (χ1) is 26.3. The molecule has 324 valence electrons. The van der Waals surface area contributed by atoms with Gasteiger partial charge in [0.2, 0.25) is 11.8 Å². The van der Waals surface area contributed by atoms with Crippen molar-refractivity contribution in [2.45, 2.75) is 149 Å². The monoisotopic (exact) mass is 820 g/mol. The number of rotatable bonds is 15. The van der Waals surface area contributed by atoms with Crippen LogP contribution in [0.25, 0.3) is 0 Å². The van der Waals surface area contributed by atoms with Crippen molar-refractivity contribution in [2.24, 2.45) is 0 Å². The number of aliphatic hydroxyl groups is 12. The van der Waals surface area contributed by atoms with Gasteiger partial charge in [-0.25, -0.2) is 4.79 Å². The van der Waals surface area contributed by atoms with Crippen LogP contribution in [-0.2, 0) is 47.5 Å². The number of hydrogen-bond donors (Lipinski definition) is 15. The molecule has 4 aliphatic heterocycles. The molecule has 4 saturated heterocycles. The van der Waals surface area contributed by atoms with E-state index in [4.69, 9.17) is 33.2 Å². The van der Waals surface area contributed by atoms with E-state index < -0.39 is 179 Å². The van der Waals surface area contributed by atoms with E-state index in [-0.39, 0.29) is 0 Å². The summed E-state index contributed by atoms with van der Waals surface area (Å²) in [5.41, 5.74) is 0. The summed E-state index contributed by atoms with van der Waals surface area (Å²) < 4.78 is 39.8. The van der Waals surface area contributed by atoms with E-state index in [1.807, 2.05) is 0 Å². The minimum absolute atomic E-state index is 0.428. The van der Waals surface area contributed by atoms with Gasteiger partial charge in [-0.3, -0.25) is 9.59 Å². The molecule has 4 rings (SSSR count). The Morgan fingerprint density at radius 3 is 1.88 bits per heavy atom. The molecule has 0 spiro atoms. The van der Waals surface area contributed by atoms with Crippen molar-refractivity contribution in [2.75, 3.05) is 26.4 Å². The first-order valence-corrected chi connectivity index (χ1v) is 17.6. The lowest BCUT2D eigenvalue weighted by Crippen LogP contribution is -2.71. The Labute approximate surface area is 317 Å².